The highest BCUT2D eigenvalue weighted by Gasteiger charge is 2.30. The fourth-order valence-corrected chi connectivity index (χ4v) is 3.24. The molecule has 1 aromatic carbocycles. The summed E-state index contributed by atoms with van der Waals surface area (Å²) in [6, 6.07) is 10.4. The molecule has 6 heteroatoms. The molecule has 23 heavy (non-hydrogen) atoms. The summed E-state index contributed by atoms with van der Waals surface area (Å²) in [5.41, 5.74) is 0.995. The first-order valence-electron chi connectivity index (χ1n) is 8.17. The molecule has 0 atom stereocenters. The van der Waals surface area contributed by atoms with E-state index in [2.05, 4.69) is 10.6 Å². The molecule has 1 fully saturated rings. The van der Waals surface area contributed by atoms with Gasteiger partial charge in [0.05, 0.1) is 0 Å². The SMILES string of the molecule is O=C(NC1CC(NCCSCCCO)C1)OCc1ccccc1. The average molecular weight is 338 g/mol. The molecule has 0 bridgehead atoms. The topological polar surface area (TPSA) is 70.6 Å². The third kappa shape index (κ3) is 7.24. The quantitative estimate of drug-likeness (QED) is 0.570. The van der Waals surface area contributed by atoms with E-state index in [9.17, 15) is 4.79 Å². The van der Waals surface area contributed by atoms with E-state index in [4.69, 9.17) is 9.84 Å². The molecule has 0 saturated heterocycles. The molecule has 0 radical (unpaired) electrons. The molecule has 3 N–H and O–H groups in total. The van der Waals surface area contributed by atoms with Crippen LogP contribution in [0.1, 0.15) is 24.8 Å². The zero-order valence-corrected chi connectivity index (χ0v) is 14.2. The highest BCUT2D eigenvalue weighted by molar-refractivity contribution is 7.99. The van der Waals surface area contributed by atoms with E-state index in [0.29, 0.717) is 12.6 Å². The lowest BCUT2D eigenvalue weighted by atomic mass is 9.87. The number of amides is 1. The standard InChI is InChI=1S/C17H26N2O3S/c20-8-4-9-23-10-7-18-15-11-16(12-15)19-17(21)22-13-14-5-2-1-3-6-14/h1-3,5-6,15-16,18,20H,4,7-13H2,(H,19,21). The Hall–Kier alpha value is -1.24. The Bertz CT molecular complexity index is 452. The van der Waals surface area contributed by atoms with Crippen molar-refractivity contribution in [2.45, 2.75) is 38.0 Å². The summed E-state index contributed by atoms with van der Waals surface area (Å²) in [4.78, 5) is 11.7. The monoisotopic (exact) mass is 338 g/mol. The van der Waals surface area contributed by atoms with Crippen LogP contribution in [0.15, 0.2) is 30.3 Å². The first kappa shape index (κ1) is 18.1. The molecular formula is C17H26N2O3S. The number of hydrogen-bond acceptors (Lipinski definition) is 5. The van der Waals surface area contributed by atoms with Gasteiger partial charge in [-0.15, -0.1) is 0 Å². The predicted molar refractivity (Wildman–Crippen MR) is 93.6 cm³/mol. The van der Waals surface area contributed by atoms with Gasteiger partial charge in [-0.3, -0.25) is 0 Å². The molecule has 128 valence electrons. The minimum absolute atomic E-state index is 0.220. The average Bonchev–Trinajstić information content (AvgIpc) is 2.54. The van der Waals surface area contributed by atoms with Gasteiger partial charge in [-0.2, -0.15) is 11.8 Å². The number of alkyl carbamates (subject to hydrolysis) is 1. The lowest BCUT2D eigenvalue weighted by Gasteiger charge is -2.36. The summed E-state index contributed by atoms with van der Waals surface area (Å²) < 4.78 is 5.21. The van der Waals surface area contributed by atoms with Crippen molar-refractivity contribution in [1.29, 1.82) is 0 Å². The van der Waals surface area contributed by atoms with E-state index in [1.807, 2.05) is 42.1 Å². The van der Waals surface area contributed by atoms with Crippen LogP contribution in [-0.4, -0.2) is 47.9 Å². The number of hydrogen-bond donors (Lipinski definition) is 3. The minimum atomic E-state index is -0.336. The van der Waals surface area contributed by atoms with Crippen molar-refractivity contribution in [2.75, 3.05) is 24.7 Å². The van der Waals surface area contributed by atoms with E-state index < -0.39 is 0 Å². The third-order valence-electron chi connectivity index (χ3n) is 3.80. The maximum absolute atomic E-state index is 11.7. The Morgan fingerprint density at radius 1 is 1.22 bits per heavy atom. The first-order chi connectivity index (χ1) is 11.3. The van der Waals surface area contributed by atoms with E-state index >= 15 is 0 Å². The fraction of sp³-hybridized carbons (Fsp3) is 0.588. The van der Waals surface area contributed by atoms with E-state index in [-0.39, 0.29) is 18.7 Å². The van der Waals surface area contributed by atoms with Crippen LogP contribution in [0.4, 0.5) is 4.79 Å². The number of thioether (sulfide) groups is 1. The number of aliphatic hydroxyl groups is 1. The van der Waals surface area contributed by atoms with Gasteiger partial charge in [-0.05, 0) is 30.6 Å². The van der Waals surface area contributed by atoms with E-state index in [1.165, 1.54) is 0 Å². The summed E-state index contributed by atoms with van der Waals surface area (Å²) in [5.74, 6) is 2.08. The van der Waals surface area contributed by atoms with Crippen LogP contribution in [0.2, 0.25) is 0 Å². The Labute approximate surface area is 142 Å². The number of rotatable bonds is 10. The van der Waals surface area contributed by atoms with Gasteiger partial charge in [0, 0.05) is 31.0 Å². The Morgan fingerprint density at radius 2 is 2.00 bits per heavy atom. The highest BCUT2D eigenvalue weighted by Crippen LogP contribution is 2.20. The third-order valence-corrected chi connectivity index (χ3v) is 4.87. The second kappa shape index (κ2) is 10.5. The van der Waals surface area contributed by atoms with Gasteiger partial charge in [-0.1, -0.05) is 30.3 Å². The molecule has 1 aliphatic rings. The second-order valence-corrected chi connectivity index (χ2v) is 6.94. The first-order valence-corrected chi connectivity index (χ1v) is 9.32. The number of carbonyl (C=O) groups excluding carboxylic acids is 1. The van der Waals surface area contributed by atoms with Crippen molar-refractivity contribution < 1.29 is 14.6 Å². The summed E-state index contributed by atoms with van der Waals surface area (Å²) in [6.45, 7) is 1.56. The number of benzene rings is 1. The molecule has 1 aromatic rings. The molecule has 1 saturated carbocycles. The molecule has 0 heterocycles. The van der Waals surface area contributed by atoms with Crippen LogP contribution in [0, 0.1) is 0 Å². The van der Waals surface area contributed by atoms with Gasteiger partial charge in [-0.25, -0.2) is 4.79 Å². The van der Waals surface area contributed by atoms with Crippen molar-refractivity contribution in [3.63, 3.8) is 0 Å². The zero-order valence-electron chi connectivity index (χ0n) is 13.4. The molecule has 0 aliphatic heterocycles. The van der Waals surface area contributed by atoms with Crippen LogP contribution < -0.4 is 10.6 Å². The minimum Gasteiger partial charge on any atom is -0.445 e. The number of aliphatic hydroxyl groups excluding tert-OH is 1. The van der Waals surface area contributed by atoms with Crippen molar-refractivity contribution in [1.82, 2.24) is 10.6 Å². The van der Waals surface area contributed by atoms with Crippen LogP contribution in [0.25, 0.3) is 0 Å². The van der Waals surface area contributed by atoms with Crippen LogP contribution in [-0.2, 0) is 11.3 Å². The zero-order chi connectivity index (χ0) is 16.3. The Kier molecular flexibility index (Phi) is 8.28. The summed E-state index contributed by atoms with van der Waals surface area (Å²) in [5, 5.41) is 15.1. The van der Waals surface area contributed by atoms with Crippen molar-refractivity contribution in [3.8, 4) is 0 Å². The molecule has 0 unspecified atom stereocenters. The van der Waals surface area contributed by atoms with Crippen molar-refractivity contribution in [3.05, 3.63) is 35.9 Å². The molecule has 1 aliphatic carbocycles. The van der Waals surface area contributed by atoms with E-state index in [1.54, 1.807) is 0 Å². The fourth-order valence-electron chi connectivity index (χ4n) is 2.44. The summed E-state index contributed by atoms with van der Waals surface area (Å²) >= 11 is 1.86. The van der Waals surface area contributed by atoms with Gasteiger partial charge in [0.25, 0.3) is 0 Å². The molecule has 1 amide bonds. The van der Waals surface area contributed by atoms with Crippen LogP contribution >= 0.6 is 11.8 Å². The lowest BCUT2D eigenvalue weighted by molar-refractivity contribution is 0.126. The molecule has 0 spiro atoms. The van der Waals surface area contributed by atoms with Gasteiger partial charge in [0.15, 0.2) is 0 Å². The molecule has 2 rings (SSSR count). The maximum Gasteiger partial charge on any atom is 0.407 e. The van der Waals surface area contributed by atoms with Crippen LogP contribution in [0.5, 0.6) is 0 Å². The highest BCUT2D eigenvalue weighted by atomic mass is 32.2. The van der Waals surface area contributed by atoms with Crippen molar-refractivity contribution >= 4 is 17.9 Å². The molecule has 0 aromatic heterocycles. The lowest BCUT2D eigenvalue weighted by Crippen LogP contribution is -2.52. The molecular weight excluding hydrogens is 312 g/mol. The summed E-state index contributed by atoms with van der Waals surface area (Å²) in [6.07, 6.45) is 2.45. The van der Waals surface area contributed by atoms with Crippen LogP contribution in [0.3, 0.4) is 0 Å². The Morgan fingerprint density at radius 3 is 2.74 bits per heavy atom. The number of ether oxygens (including phenoxy) is 1. The predicted octanol–water partition coefficient (Wildman–Crippen LogP) is 2.15. The Balaban J connectivity index is 1.46. The normalized spacial score (nSPS) is 19.9. The van der Waals surface area contributed by atoms with Gasteiger partial charge < -0.3 is 20.5 Å². The van der Waals surface area contributed by atoms with Gasteiger partial charge in [0.1, 0.15) is 6.61 Å². The van der Waals surface area contributed by atoms with Gasteiger partial charge in [0.2, 0.25) is 0 Å². The second-order valence-electron chi connectivity index (χ2n) is 5.71. The van der Waals surface area contributed by atoms with E-state index in [0.717, 1.165) is 42.9 Å². The number of nitrogens with one attached hydrogen (secondary N) is 2. The molecule has 5 nitrogen and oxygen atoms in total. The van der Waals surface area contributed by atoms with Gasteiger partial charge >= 0.3 is 6.09 Å². The largest absolute Gasteiger partial charge is 0.445 e. The maximum atomic E-state index is 11.7. The number of carbonyl (C=O) groups is 1. The van der Waals surface area contributed by atoms with Crippen molar-refractivity contribution in [2.24, 2.45) is 0 Å². The summed E-state index contributed by atoms with van der Waals surface area (Å²) in [7, 11) is 0. The smallest absolute Gasteiger partial charge is 0.407 e.